The van der Waals surface area contributed by atoms with E-state index < -0.39 is 5.63 Å². The Balaban J connectivity index is 1.42. The number of aromatic nitrogens is 1. The van der Waals surface area contributed by atoms with Crippen molar-refractivity contribution < 1.29 is 18.8 Å². The van der Waals surface area contributed by atoms with Crippen LogP contribution >= 0.6 is 11.3 Å². The number of nitrogens with zero attached hydrogens (tertiary/aromatic N) is 2. The van der Waals surface area contributed by atoms with Gasteiger partial charge in [-0.2, -0.15) is 5.26 Å². The molecule has 0 saturated heterocycles. The monoisotopic (exact) mass is 515 g/mol. The molecule has 0 amide bonds. The summed E-state index contributed by atoms with van der Waals surface area (Å²) in [4.78, 5) is 30.6. The van der Waals surface area contributed by atoms with Crippen LogP contribution in [0.15, 0.2) is 75.4 Å². The van der Waals surface area contributed by atoms with Gasteiger partial charge in [-0.25, -0.2) is 14.6 Å². The van der Waals surface area contributed by atoms with Crippen molar-refractivity contribution in [2.24, 2.45) is 0 Å². The van der Waals surface area contributed by atoms with Crippen molar-refractivity contribution in [3.63, 3.8) is 0 Å². The predicted molar refractivity (Wildman–Crippen MR) is 144 cm³/mol. The molecule has 4 rings (SSSR count). The van der Waals surface area contributed by atoms with Crippen molar-refractivity contribution in [2.45, 2.75) is 13.8 Å². The molecule has 0 unspecified atom stereocenters. The van der Waals surface area contributed by atoms with Gasteiger partial charge in [-0.05, 0) is 50.2 Å². The summed E-state index contributed by atoms with van der Waals surface area (Å²) in [6, 6.07) is 18.0. The van der Waals surface area contributed by atoms with Crippen LogP contribution in [-0.2, 0) is 4.74 Å². The number of nitrogens with one attached hydrogen (secondary N) is 2. The van der Waals surface area contributed by atoms with Crippen molar-refractivity contribution in [1.29, 1.82) is 5.26 Å². The second-order valence-corrected chi connectivity index (χ2v) is 9.12. The number of carbonyl (C=O) groups excluding carboxylic acids is 1. The molecular formula is C28H27N4O4S+. The summed E-state index contributed by atoms with van der Waals surface area (Å²) in [7, 11) is 0. The maximum absolute atomic E-state index is 12.5. The summed E-state index contributed by atoms with van der Waals surface area (Å²) < 4.78 is 10.8. The standard InChI is InChI=1S/C28H26N4O4S/c1-3-32(4-2)13-14-35-27(33)19-9-11-22(12-10-19)30-17-21(16-29)26-31-24(18-37-26)23-15-20-7-5-6-8-25(20)36-28(23)34/h5-12,15,17-18,30H,3-4,13-14H2,1-2H3/p+1/b21-17-. The fourth-order valence-electron chi connectivity index (χ4n) is 3.74. The van der Waals surface area contributed by atoms with Crippen LogP contribution in [0, 0.1) is 11.3 Å². The topological polar surface area (TPSA) is 110 Å². The number of carbonyl (C=O) groups is 1. The number of anilines is 1. The summed E-state index contributed by atoms with van der Waals surface area (Å²) in [6.45, 7) is 7.36. The molecule has 0 aliphatic carbocycles. The minimum Gasteiger partial charge on any atom is -0.456 e. The van der Waals surface area contributed by atoms with E-state index in [4.69, 9.17) is 9.15 Å². The fraction of sp³-hybridized carbons (Fsp3) is 0.214. The minimum atomic E-state index is -0.482. The number of para-hydroxylation sites is 1. The van der Waals surface area contributed by atoms with Gasteiger partial charge in [-0.3, -0.25) is 0 Å². The molecule has 2 aromatic heterocycles. The van der Waals surface area contributed by atoms with E-state index >= 15 is 0 Å². The molecule has 8 nitrogen and oxygen atoms in total. The van der Waals surface area contributed by atoms with E-state index in [1.165, 1.54) is 16.2 Å². The Morgan fingerprint density at radius 1 is 1.19 bits per heavy atom. The first-order valence-corrected chi connectivity index (χ1v) is 12.9. The van der Waals surface area contributed by atoms with Crippen molar-refractivity contribution in [3.05, 3.63) is 87.2 Å². The molecule has 188 valence electrons. The summed E-state index contributed by atoms with van der Waals surface area (Å²) in [5.74, 6) is -0.361. The van der Waals surface area contributed by atoms with Gasteiger partial charge in [0.2, 0.25) is 0 Å². The average Bonchev–Trinajstić information content (AvgIpc) is 3.41. The summed E-state index contributed by atoms with van der Waals surface area (Å²) in [6.07, 6.45) is 1.55. The van der Waals surface area contributed by atoms with Gasteiger partial charge in [0, 0.05) is 22.7 Å². The number of esters is 1. The predicted octanol–water partition coefficient (Wildman–Crippen LogP) is 3.97. The van der Waals surface area contributed by atoms with E-state index in [0.717, 1.165) is 25.0 Å². The minimum absolute atomic E-state index is 0.309. The van der Waals surface area contributed by atoms with Crippen LogP contribution in [0.2, 0.25) is 0 Å². The van der Waals surface area contributed by atoms with E-state index in [9.17, 15) is 14.9 Å². The van der Waals surface area contributed by atoms with Gasteiger partial charge in [-0.1, -0.05) is 18.2 Å². The number of likely N-dealkylation sites (N-methyl/N-ethyl adjacent to an activating group) is 1. The van der Waals surface area contributed by atoms with E-state index in [1.807, 2.05) is 12.1 Å². The van der Waals surface area contributed by atoms with Gasteiger partial charge in [0.1, 0.15) is 35.4 Å². The molecule has 2 N–H and O–H groups in total. The third kappa shape index (κ3) is 6.30. The lowest BCUT2D eigenvalue weighted by atomic mass is 10.1. The van der Waals surface area contributed by atoms with Crippen molar-refractivity contribution in [3.8, 4) is 17.3 Å². The number of fused-ring (bicyclic) bond motifs is 1. The Bertz CT molecular complexity index is 1510. The lowest BCUT2D eigenvalue weighted by molar-refractivity contribution is -0.896. The number of rotatable bonds is 10. The highest BCUT2D eigenvalue weighted by atomic mass is 32.1. The lowest BCUT2D eigenvalue weighted by Crippen LogP contribution is -3.11. The molecule has 0 fully saturated rings. The van der Waals surface area contributed by atoms with E-state index in [1.54, 1.807) is 54.0 Å². The van der Waals surface area contributed by atoms with Gasteiger partial charge >= 0.3 is 11.6 Å². The molecule has 0 radical (unpaired) electrons. The third-order valence-corrected chi connectivity index (χ3v) is 6.84. The zero-order valence-electron chi connectivity index (χ0n) is 20.6. The Morgan fingerprint density at radius 3 is 2.68 bits per heavy atom. The second kappa shape index (κ2) is 12.1. The zero-order valence-corrected chi connectivity index (χ0v) is 21.4. The Kier molecular flexibility index (Phi) is 8.46. The number of benzene rings is 2. The highest BCUT2D eigenvalue weighted by molar-refractivity contribution is 7.11. The van der Waals surface area contributed by atoms with Gasteiger partial charge in [0.15, 0.2) is 0 Å². The molecule has 0 bridgehead atoms. The first-order chi connectivity index (χ1) is 18.0. The largest absolute Gasteiger partial charge is 0.456 e. The normalized spacial score (nSPS) is 11.5. The Morgan fingerprint density at radius 2 is 1.95 bits per heavy atom. The van der Waals surface area contributed by atoms with Gasteiger partial charge in [-0.15, -0.1) is 11.3 Å². The lowest BCUT2D eigenvalue weighted by Gasteiger charge is -2.15. The molecule has 0 aliphatic rings. The van der Waals surface area contributed by atoms with Crippen LogP contribution in [-0.4, -0.2) is 37.2 Å². The fourth-order valence-corrected chi connectivity index (χ4v) is 4.52. The first kappa shape index (κ1) is 25.8. The number of thiazole rings is 1. The number of quaternary nitrogens is 1. The summed E-state index contributed by atoms with van der Waals surface area (Å²) in [5.41, 5.74) is 2.28. The van der Waals surface area contributed by atoms with Crippen LogP contribution in [0.3, 0.4) is 0 Å². The molecule has 0 aliphatic heterocycles. The quantitative estimate of drug-likeness (QED) is 0.187. The van der Waals surface area contributed by atoms with Gasteiger partial charge in [0.25, 0.3) is 0 Å². The number of nitriles is 1. The van der Waals surface area contributed by atoms with Gasteiger partial charge in [0.05, 0.1) is 29.9 Å². The Labute approximate surface area is 218 Å². The second-order valence-electron chi connectivity index (χ2n) is 8.26. The third-order valence-electron chi connectivity index (χ3n) is 5.96. The SMILES string of the molecule is CC[NH+](CC)CCOC(=O)c1ccc(N/C=C(/C#N)c2nc(-c3cc4ccccc4oc3=O)cs2)cc1. The van der Waals surface area contributed by atoms with Crippen LogP contribution in [0.1, 0.15) is 29.2 Å². The van der Waals surface area contributed by atoms with E-state index in [0.29, 0.717) is 45.3 Å². The molecule has 37 heavy (non-hydrogen) atoms. The van der Waals surface area contributed by atoms with Crippen molar-refractivity contribution in [2.75, 3.05) is 31.6 Å². The molecule has 2 aromatic carbocycles. The molecule has 2 heterocycles. The van der Waals surface area contributed by atoms with Crippen LogP contribution < -0.4 is 15.8 Å². The van der Waals surface area contributed by atoms with E-state index in [2.05, 4.69) is 30.2 Å². The zero-order chi connectivity index (χ0) is 26.2. The summed E-state index contributed by atoms with van der Waals surface area (Å²) >= 11 is 1.26. The van der Waals surface area contributed by atoms with Crippen LogP contribution in [0.25, 0.3) is 27.8 Å². The number of allylic oxidation sites excluding steroid dienone is 1. The molecule has 0 saturated carbocycles. The maximum Gasteiger partial charge on any atom is 0.345 e. The Hall–Kier alpha value is -4.26. The molecule has 0 atom stereocenters. The smallest absolute Gasteiger partial charge is 0.345 e. The van der Waals surface area contributed by atoms with Crippen molar-refractivity contribution in [1.82, 2.24) is 4.98 Å². The van der Waals surface area contributed by atoms with Gasteiger partial charge < -0.3 is 19.4 Å². The first-order valence-electron chi connectivity index (χ1n) is 12.0. The number of ether oxygens (including phenoxy) is 1. The van der Waals surface area contributed by atoms with E-state index in [-0.39, 0.29) is 5.97 Å². The van der Waals surface area contributed by atoms with Crippen LogP contribution in [0.5, 0.6) is 0 Å². The molecule has 0 spiro atoms. The molecule has 9 heteroatoms. The van der Waals surface area contributed by atoms with Crippen LogP contribution in [0.4, 0.5) is 5.69 Å². The average molecular weight is 516 g/mol. The highest BCUT2D eigenvalue weighted by Gasteiger charge is 2.14. The van der Waals surface area contributed by atoms with Crippen molar-refractivity contribution >= 4 is 39.5 Å². The summed E-state index contributed by atoms with van der Waals surface area (Å²) in [5, 5.41) is 15.7. The maximum atomic E-state index is 12.5. The molecular weight excluding hydrogens is 488 g/mol. The molecule has 4 aromatic rings. The number of hydrogen-bond acceptors (Lipinski definition) is 8. The number of hydrogen-bond donors (Lipinski definition) is 2. The highest BCUT2D eigenvalue weighted by Crippen LogP contribution is 2.26.